The van der Waals surface area contributed by atoms with E-state index >= 15 is 0 Å². The zero-order valence-electron chi connectivity index (χ0n) is 10.4. The summed E-state index contributed by atoms with van der Waals surface area (Å²) >= 11 is 0. The molecule has 1 aromatic heterocycles. The number of amides is 1. The molecule has 0 fully saturated rings. The standard InChI is InChI=1S/C11H16N6O/c1-8(2)17(5-3-4-12)11(18)9-6-15-10(16-13)7-14-9/h6-8H,3,5,13H2,1-2H3,(H,15,16). The van der Waals surface area contributed by atoms with E-state index in [4.69, 9.17) is 11.1 Å². The minimum atomic E-state index is -0.240. The van der Waals surface area contributed by atoms with Crippen molar-refractivity contribution in [2.24, 2.45) is 5.84 Å². The lowest BCUT2D eigenvalue weighted by atomic mass is 10.2. The molecule has 0 atom stereocenters. The molecule has 0 saturated carbocycles. The van der Waals surface area contributed by atoms with E-state index in [-0.39, 0.29) is 17.6 Å². The minimum Gasteiger partial charge on any atom is -0.334 e. The van der Waals surface area contributed by atoms with Gasteiger partial charge in [-0.3, -0.25) is 4.79 Å². The first kappa shape index (κ1) is 13.9. The number of nitrogens with one attached hydrogen (secondary N) is 1. The van der Waals surface area contributed by atoms with Gasteiger partial charge in [-0.15, -0.1) is 0 Å². The fourth-order valence-corrected chi connectivity index (χ4v) is 1.42. The molecule has 0 aliphatic heterocycles. The molecule has 0 aliphatic carbocycles. The molecule has 0 aromatic carbocycles. The highest BCUT2D eigenvalue weighted by molar-refractivity contribution is 5.92. The van der Waals surface area contributed by atoms with Crippen molar-refractivity contribution >= 4 is 11.7 Å². The second-order valence-electron chi connectivity index (χ2n) is 3.93. The molecule has 0 spiro atoms. The third kappa shape index (κ3) is 3.40. The van der Waals surface area contributed by atoms with E-state index in [1.807, 2.05) is 19.9 Å². The number of nitrogen functional groups attached to an aromatic ring is 1. The number of hydrazine groups is 1. The third-order valence-electron chi connectivity index (χ3n) is 2.37. The van der Waals surface area contributed by atoms with Crippen molar-refractivity contribution in [1.82, 2.24) is 14.9 Å². The second kappa shape index (κ2) is 6.51. The predicted molar refractivity (Wildman–Crippen MR) is 66.2 cm³/mol. The average Bonchev–Trinajstić information content (AvgIpc) is 2.38. The van der Waals surface area contributed by atoms with Crippen molar-refractivity contribution in [3.05, 3.63) is 18.1 Å². The number of nitrogens with two attached hydrogens (primary N) is 1. The van der Waals surface area contributed by atoms with E-state index in [0.29, 0.717) is 18.8 Å². The Morgan fingerprint density at radius 3 is 2.72 bits per heavy atom. The Kier molecular flexibility index (Phi) is 5.02. The van der Waals surface area contributed by atoms with E-state index < -0.39 is 0 Å². The number of anilines is 1. The molecule has 0 aliphatic rings. The van der Waals surface area contributed by atoms with Crippen LogP contribution >= 0.6 is 0 Å². The van der Waals surface area contributed by atoms with E-state index in [1.54, 1.807) is 4.90 Å². The summed E-state index contributed by atoms with van der Waals surface area (Å²) < 4.78 is 0. The zero-order chi connectivity index (χ0) is 13.5. The van der Waals surface area contributed by atoms with Gasteiger partial charge in [0, 0.05) is 12.6 Å². The van der Waals surface area contributed by atoms with Gasteiger partial charge in [0.05, 0.1) is 24.9 Å². The van der Waals surface area contributed by atoms with E-state index in [0.717, 1.165) is 0 Å². The van der Waals surface area contributed by atoms with Gasteiger partial charge in [-0.05, 0) is 13.8 Å². The fraction of sp³-hybridized carbons (Fsp3) is 0.455. The van der Waals surface area contributed by atoms with Gasteiger partial charge in [0.25, 0.3) is 5.91 Å². The van der Waals surface area contributed by atoms with Crippen LogP contribution in [0.4, 0.5) is 5.82 Å². The van der Waals surface area contributed by atoms with Crippen molar-refractivity contribution in [3.63, 3.8) is 0 Å². The molecule has 0 bridgehead atoms. The van der Waals surface area contributed by atoms with Gasteiger partial charge < -0.3 is 10.3 Å². The number of hydrogen-bond acceptors (Lipinski definition) is 6. The van der Waals surface area contributed by atoms with Crippen molar-refractivity contribution < 1.29 is 4.79 Å². The average molecular weight is 248 g/mol. The van der Waals surface area contributed by atoms with Crippen LogP contribution in [-0.2, 0) is 0 Å². The molecule has 7 heteroatoms. The predicted octanol–water partition coefficient (Wildman–Crippen LogP) is 0.526. The molecule has 7 nitrogen and oxygen atoms in total. The lowest BCUT2D eigenvalue weighted by Crippen LogP contribution is -2.38. The van der Waals surface area contributed by atoms with Gasteiger partial charge in [-0.1, -0.05) is 0 Å². The molecule has 0 unspecified atom stereocenters. The molecular weight excluding hydrogens is 232 g/mol. The van der Waals surface area contributed by atoms with Crippen LogP contribution in [0, 0.1) is 11.3 Å². The molecule has 18 heavy (non-hydrogen) atoms. The number of aromatic nitrogens is 2. The van der Waals surface area contributed by atoms with Gasteiger partial charge in [0.1, 0.15) is 5.69 Å². The number of rotatable bonds is 5. The second-order valence-corrected chi connectivity index (χ2v) is 3.93. The highest BCUT2D eigenvalue weighted by Crippen LogP contribution is 2.07. The molecule has 3 N–H and O–H groups in total. The van der Waals surface area contributed by atoms with Crippen molar-refractivity contribution in [2.75, 3.05) is 12.0 Å². The van der Waals surface area contributed by atoms with Crippen molar-refractivity contribution in [1.29, 1.82) is 5.26 Å². The van der Waals surface area contributed by atoms with Crippen LogP contribution in [0.25, 0.3) is 0 Å². The Labute approximate surface area is 106 Å². The minimum absolute atomic E-state index is 0.0000370. The van der Waals surface area contributed by atoms with Gasteiger partial charge in [0.15, 0.2) is 5.82 Å². The number of carbonyl (C=O) groups excluding carboxylic acids is 1. The molecule has 96 valence electrons. The molecular formula is C11H16N6O. The fourth-order valence-electron chi connectivity index (χ4n) is 1.42. The Bertz CT molecular complexity index is 436. The van der Waals surface area contributed by atoms with Crippen LogP contribution in [0.1, 0.15) is 30.8 Å². The summed E-state index contributed by atoms with van der Waals surface area (Å²) in [5, 5.41) is 8.58. The molecule has 0 saturated heterocycles. The Morgan fingerprint density at radius 1 is 1.56 bits per heavy atom. The molecule has 1 rings (SSSR count). The summed E-state index contributed by atoms with van der Waals surface area (Å²) in [6.07, 6.45) is 3.04. The Morgan fingerprint density at radius 2 is 2.28 bits per heavy atom. The first-order valence-electron chi connectivity index (χ1n) is 5.56. The lowest BCUT2D eigenvalue weighted by Gasteiger charge is -2.25. The number of nitriles is 1. The van der Waals surface area contributed by atoms with Crippen molar-refractivity contribution in [2.45, 2.75) is 26.3 Å². The van der Waals surface area contributed by atoms with Gasteiger partial charge >= 0.3 is 0 Å². The smallest absolute Gasteiger partial charge is 0.274 e. The largest absolute Gasteiger partial charge is 0.334 e. The molecule has 1 amide bonds. The van der Waals surface area contributed by atoms with Crippen molar-refractivity contribution in [3.8, 4) is 6.07 Å². The third-order valence-corrected chi connectivity index (χ3v) is 2.37. The normalized spacial score (nSPS) is 9.94. The Hall–Kier alpha value is -2.20. The summed E-state index contributed by atoms with van der Waals surface area (Å²) in [6.45, 7) is 4.16. The maximum Gasteiger partial charge on any atom is 0.274 e. The van der Waals surface area contributed by atoms with Crippen LogP contribution in [0.15, 0.2) is 12.4 Å². The summed E-state index contributed by atoms with van der Waals surface area (Å²) in [4.78, 5) is 21.7. The number of hydrogen-bond donors (Lipinski definition) is 2. The number of carbonyl (C=O) groups is 1. The van der Waals surface area contributed by atoms with Crippen LogP contribution in [0.2, 0.25) is 0 Å². The SMILES string of the molecule is CC(C)N(CCC#N)C(=O)c1cnc(NN)cn1. The van der Waals surface area contributed by atoms with Crippen LogP contribution in [-0.4, -0.2) is 33.4 Å². The van der Waals surface area contributed by atoms with E-state index in [9.17, 15) is 4.79 Å². The topological polar surface area (TPSA) is 108 Å². The summed E-state index contributed by atoms with van der Waals surface area (Å²) in [7, 11) is 0. The van der Waals surface area contributed by atoms with Crippen LogP contribution in [0.3, 0.4) is 0 Å². The quantitative estimate of drug-likeness (QED) is 0.581. The molecule has 1 heterocycles. The van der Waals surface area contributed by atoms with Gasteiger partial charge in [-0.25, -0.2) is 15.8 Å². The first-order valence-corrected chi connectivity index (χ1v) is 5.56. The highest BCUT2D eigenvalue weighted by atomic mass is 16.2. The van der Waals surface area contributed by atoms with Crippen LogP contribution < -0.4 is 11.3 Å². The monoisotopic (exact) mass is 248 g/mol. The summed E-state index contributed by atoms with van der Waals surface area (Å²) in [5.41, 5.74) is 2.57. The number of nitrogens with zero attached hydrogens (tertiary/aromatic N) is 4. The maximum absolute atomic E-state index is 12.2. The summed E-state index contributed by atoms with van der Waals surface area (Å²) in [6, 6.07) is 2.02. The summed E-state index contributed by atoms with van der Waals surface area (Å²) in [5.74, 6) is 5.31. The molecule has 1 aromatic rings. The first-order chi connectivity index (χ1) is 8.60. The Balaban J connectivity index is 2.84. The lowest BCUT2D eigenvalue weighted by molar-refractivity contribution is 0.0704. The van der Waals surface area contributed by atoms with E-state index in [1.165, 1.54) is 12.4 Å². The van der Waals surface area contributed by atoms with Crippen LogP contribution in [0.5, 0.6) is 0 Å². The zero-order valence-corrected chi connectivity index (χ0v) is 10.4. The van der Waals surface area contributed by atoms with E-state index in [2.05, 4.69) is 15.4 Å². The van der Waals surface area contributed by atoms with Gasteiger partial charge in [-0.2, -0.15) is 5.26 Å². The van der Waals surface area contributed by atoms with Gasteiger partial charge in [0.2, 0.25) is 0 Å². The molecule has 0 radical (unpaired) electrons. The highest BCUT2D eigenvalue weighted by Gasteiger charge is 2.19. The maximum atomic E-state index is 12.2.